The van der Waals surface area contributed by atoms with Gasteiger partial charge in [0.25, 0.3) is 0 Å². The zero-order chi connectivity index (χ0) is 24.6. The Balaban J connectivity index is 1.40. The molecule has 2 aromatic heterocycles. The number of ether oxygens (including phenoxy) is 2. The van der Waals surface area contributed by atoms with Crippen molar-refractivity contribution in [3.63, 3.8) is 0 Å². The van der Waals surface area contributed by atoms with Crippen molar-refractivity contribution < 1.29 is 14.0 Å². The maximum Gasteiger partial charge on any atom is 0.231 e. The average molecular weight is 496 g/mol. The van der Waals surface area contributed by atoms with E-state index in [0.717, 1.165) is 31.6 Å². The predicted molar refractivity (Wildman–Crippen MR) is 137 cm³/mol. The second-order valence-corrected chi connectivity index (χ2v) is 12.5. The fraction of sp³-hybridized carbons (Fsp3) is 0.458. The lowest BCUT2D eigenvalue weighted by molar-refractivity contribution is -0.0620. The van der Waals surface area contributed by atoms with E-state index in [1.165, 1.54) is 0 Å². The Morgan fingerprint density at radius 2 is 2.06 bits per heavy atom. The van der Waals surface area contributed by atoms with Gasteiger partial charge in [0.15, 0.2) is 0 Å². The minimum atomic E-state index is -2.50. The minimum absolute atomic E-state index is 0.122. The number of methoxy groups -OCH3 is 1. The number of benzene rings is 1. The van der Waals surface area contributed by atoms with Crippen LogP contribution in [-0.4, -0.2) is 77.7 Å². The molecule has 0 amide bonds. The molecule has 0 saturated carbocycles. The van der Waals surface area contributed by atoms with Crippen molar-refractivity contribution in [3.8, 4) is 11.8 Å². The van der Waals surface area contributed by atoms with Crippen molar-refractivity contribution in [3.05, 3.63) is 30.0 Å². The number of rotatable bonds is 7. The van der Waals surface area contributed by atoms with Crippen molar-refractivity contribution in [1.29, 1.82) is 5.26 Å². The summed E-state index contributed by atoms with van der Waals surface area (Å²) in [6, 6.07) is 8.44. The Morgan fingerprint density at radius 3 is 2.69 bits per heavy atom. The molecule has 2 aliphatic rings. The number of fused-ring (bicyclic) bond motifs is 1. The summed E-state index contributed by atoms with van der Waals surface area (Å²) in [6.45, 7) is 7.23. The van der Waals surface area contributed by atoms with E-state index in [4.69, 9.17) is 9.47 Å². The van der Waals surface area contributed by atoms with E-state index in [2.05, 4.69) is 36.6 Å². The summed E-state index contributed by atoms with van der Waals surface area (Å²) in [7, 11) is -0.899. The normalized spacial score (nSPS) is 18.3. The number of nitriles is 1. The van der Waals surface area contributed by atoms with Crippen LogP contribution in [0.2, 0.25) is 0 Å². The minimum Gasteiger partial charge on any atom is -0.495 e. The third-order valence-electron chi connectivity index (χ3n) is 6.61. The smallest absolute Gasteiger partial charge is 0.231 e. The van der Waals surface area contributed by atoms with E-state index in [1.54, 1.807) is 13.3 Å². The van der Waals surface area contributed by atoms with Gasteiger partial charge in [-0.05, 0) is 32.0 Å². The number of hydrogen-bond acceptors (Lipinski definition) is 9. The highest BCUT2D eigenvalue weighted by molar-refractivity contribution is 7.71. The molecule has 35 heavy (non-hydrogen) atoms. The highest BCUT2D eigenvalue weighted by Gasteiger charge is 2.35. The monoisotopic (exact) mass is 495 g/mol. The van der Waals surface area contributed by atoms with Crippen LogP contribution in [0.1, 0.15) is 19.4 Å². The summed E-state index contributed by atoms with van der Waals surface area (Å²) in [4.78, 5) is 14.6. The third kappa shape index (κ3) is 4.59. The summed E-state index contributed by atoms with van der Waals surface area (Å²) in [5.41, 5.74) is 1.72. The molecule has 0 spiro atoms. The van der Waals surface area contributed by atoms with Crippen molar-refractivity contribution in [2.45, 2.75) is 25.9 Å². The van der Waals surface area contributed by atoms with Crippen LogP contribution in [0.3, 0.4) is 0 Å². The zero-order valence-electron chi connectivity index (χ0n) is 20.2. The van der Waals surface area contributed by atoms with Crippen molar-refractivity contribution >= 4 is 40.9 Å². The summed E-state index contributed by atoms with van der Waals surface area (Å²) in [5.74, 6) is 1.52. The van der Waals surface area contributed by atoms with Gasteiger partial charge in [0, 0.05) is 43.0 Å². The Hall–Kier alpha value is -3.12. The largest absolute Gasteiger partial charge is 0.495 e. The van der Waals surface area contributed by atoms with E-state index in [-0.39, 0.29) is 6.04 Å². The second kappa shape index (κ2) is 9.50. The van der Waals surface area contributed by atoms with Crippen LogP contribution < -0.4 is 20.7 Å². The van der Waals surface area contributed by atoms with Gasteiger partial charge in [-0.2, -0.15) is 15.2 Å². The van der Waals surface area contributed by atoms with E-state index in [1.807, 2.05) is 32.0 Å². The Bertz CT molecular complexity index is 1320. The van der Waals surface area contributed by atoms with Gasteiger partial charge in [-0.25, -0.2) is 0 Å². The summed E-state index contributed by atoms with van der Waals surface area (Å²) >= 11 is 0. The number of H-pyrrole nitrogens is 1. The maximum atomic E-state index is 13.8. The fourth-order valence-corrected chi connectivity index (χ4v) is 7.17. The van der Waals surface area contributed by atoms with Crippen LogP contribution in [0.4, 0.5) is 17.5 Å². The van der Waals surface area contributed by atoms with Gasteiger partial charge in [-0.15, -0.1) is 0 Å². The lowest BCUT2D eigenvalue weighted by Gasteiger charge is -2.41. The summed E-state index contributed by atoms with van der Waals surface area (Å²) in [6.07, 6.45) is 2.96. The molecule has 4 heterocycles. The quantitative estimate of drug-likeness (QED) is 0.424. The van der Waals surface area contributed by atoms with E-state index >= 15 is 0 Å². The van der Waals surface area contributed by atoms with Gasteiger partial charge < -0.3 is 29.7 Å². The molecule has 5 rings (SSSR count). The molecule has 184 valence electrons. The number of hydrogen-bond donors (Lipinski definition) is 3. The van der Waals surface area contributed by atoms with E-state index < -0.39 is 7.14 Å². The Kier molecular flexibility index (Phi) is 6.41. The highest BCUT2D eigenvalue weighted by atomic mass is 31.2. The van der Waals surface area contributed by atoms with Crippen molar-refractivity contribution in [1.82, 2.24) is 19.9 Å². The summed E-state index contributed by atoms with van der Waals surface area (Å²) in [5, 5.41) is 17.5. The molecule has 0 atom stereocenters. The molecule has 0 unspecified atom stereocenters. The third-order valence-corrected chi connectivity index (χ3v) is 9.68. The van der Waals surface area contributed by atoms with E-state index in [9.17, 15) is 9.83 Å². The predicted octanol–water partition coefficient (Wildman–Crippen LogP) is 3.10. The second-order valence-electron chi connectivity index (χ2n) is 9.31. The molecule has 3 aromatic rings. The molecule has 1 aromatic carbocycles. The van der Waals surface area contributed by atoms with Gasteiger partial charge >= 0.3 is 0 Å². The first-order valence-electron chi connectivity index (χ1n) is 11.8. The van der Waals surface area contributed by atoms with E-state index in [0.29, 0.717) is 58.2 Å². The first-order chi connectivity index (χ1) is 16.9. The fourth-order valence-electron chi connectivity index (χ4n) is 4.57. The zero-order valence-corrected chi connectivity index (χ0v) is 21.1. The molecule has 3 N–H and O–H groups in total. The molecular weight excluding hydrogens is 465 g/mol. The van der Waals surface area contributed by atoms with Gasteiger partial charge in [0.2, 0.25) is 5.95 Å². The Labute approximate surface area is 204 Å². The lowest BCUT2D eigenvalue weighted by atomic mass is 10.2. The highest BCUT2D eigenvalue weighted by Crippen LogP contribution is 2.48. The van der Waals surface area contributed by atoms with Gasteiger partial charge in [-0.3, -0.25) is 4.90 Å². The standard InChI is InChI=1S/C24H30N7O3P/c1-15(2)27-23-21-16(11-25)12-26-22(21)29-24(30-23)28-19-5-4-18(10-20(19)33-3)35(32)8-6-31(7-9-35)17-13-34-14-17/h4-5,10,12,15,17H,6-9,13-14H2,1-3H3,(H3,26,27,28,29,30). The first kappa shape index (κ1) is 23.6. The lowest BCUT2D eigenvalue weighted by Crippen LogP contribution is -2.52. The maximum absolute atomic E-state index is 13.8. The molecular formula is C24H30N7O3P. The van der Waals surface area contributed by atoms with Crippen LogP contribution >= 0.6 is 7.14 Å². The number of nitrogens with zero attached hydrogens (tertiary/aromatic N) is 4. The van der Waals surface area contributed by atoms with Crippen LogP contribution in [0.25, 0.3) is 11.0 Å². The molecule has 0 aliphatic carbocycles. The topological polar surface area (TPSA) is 128 Å². The Morgan fingerprint density at radius 1 is 1.29 bits per heavy atom. The molecule has 2 fully saturated rings. The molecule has 2 aliphatic heterocycles. The number of nitrogens with one attached hydrogen (secondary N) is 3. The average Bonchev–Trinajstić information content (AvgIpc) is 3.23. The molecule has 10 nitrogen and oxygen atoms in total. The molecule has 11 heteroatoms. The number of anilines is 3. The van der Waals surface area contributed by atoms with Crippen molar-refractivity contribution in [2.24, 2.45) is 0 Å². The molecule has 0 radical (unpaired) electrons. The van der Waals surface area contributed by atoms with Crippen LogP contribution in [0.5, 0.6) is 5.75 Å². The van der Waals surface area contributed by atoms with Gasteiger partial charge in [-0.1, -0.05) is 0 Å². The number of aromatic amines is 1. The van der Waals surface area contributed by atoms with Crippen molar-refractivity contribution in [2.75, 3.05) is 56.4 Å². The molecule has 0 bridgehead atoms. The number of aromatic nitrogens is 3. The van der Waals surface area contributed by atoms with Crippen LogP contribution in [-0.2, 0) is 9.30 Å². The first-order valence-corrected chi connectivity index (χ1v) is 13.9. The van der Waals surface area contributed by atoms with Gasteiger partial charge in [0.1, 0.15) is 30.4 Å². The van der Waals surface area contributed by atoms with Crippen LogP contribution in [0.15, 0.2) is 24.4 Å². The van der Waals surface area contributed by atoms with Crippen LogP contribution in [0, 0.1) is 11.3 Å². The van der Waals surface area contributed by atoms with Gasteiger partial charge in [0.05, 0.1) is 43.0 Å². The molecule has 2 saturated heterocycles. The SMILES string of the molecule is COc1cc(P2(=O)CCN(C3COC3)CC2)ccc1Nc1nc(NC(C)C)c2c(C#N)c[nH]c2n1. The summed E-state index contributed by atoms with van der Waals surface area (Å²) < 4.78 is 24.7.